The minimum atomic E-state index is -0.250. The molecular formula is C12H20O3. The molecule has 0 bridgehead atoms. The fourth-order valence-corrected chi connectivity index (χ4v) is 2.27. The Morgan fingerprint density at radius 3 is 2.53 bits per heavy atom. The highest BCUT2D eigenvalue weighted by Crippen LogP contribution is 2.36. The second kappa shape index (κ2) is 5.10. The predicted molar refractivity (Wildman–Crippen MR) is 57.7 cm³/mol. The van der Waals surface area contributed by atoms with Crippen molar-refractivity contribution in [1.29, 1.82) is 0 Å². The molecule has 1 aliphatic carbocycles. The van der Waals surface area contributed by atoms with Crippen LogP contribution in [0.2, 0.25) is 0 Å². The summed E-state index contributed by atoms with van der Waals surface area (Å²) in [6.45, 7) is 4.25. The normalized spacial score (nSPS) is 26.7. The maximum Gasteiger partial charge on any atom is 0.168 e. The summed E-state index contributed by atoms with van der Waals surface area (Å²) in [7, 11) is 0. The summed E-state index contributed by atoms with van der Waals surface area (Å²) < 4.78 is 17.1. The fourth-order valence-electron chi connectivity index (χ4n) is 2.27. The van der Waals surface area contributed by atoms with Gasteiger partial charge in [-0.1, -0.05) is 12.2 Å². The van der Waals surface area contributed by atoms with Crippen LogP contribution in [0.15, 0.2) is 12.2 Å². The van der Waals surface area contributed by atoms with Crippen molar-refractivity contribution in [3.63, 3.8) is 0 Å². The Bertz CT molecular complexity index is 209. The first-order valence-electron chi connectivity index (χ1n) is 5.85. The zero-order valence-corrected chi connectivity index (χ0v) is 9.41. The van der Waals surface area contributed by atoms with E-state index in [1.165, 1.54) is 0 Å². The third-order valence-electron chi connectivity index (χ3n) is 3.17. The average Bonchev–Trinajstić information content (AvgIpc) is 2.71. The van der Waals surface area contributed by atoms with Crippen molar-refractivity contribution < 1.29 is 14.2 Å². The zero-order chi connectivity index (χ0) is 10.6. The largest absolute Gasteiger partial charge is 0.374 e. The molecule has 0 atom stereocenters. The summed E-state index contributed by atoms with van der Waals surface area (Å²) >= 11 is 0. The Kier molecular flexibility index (Phi) is 3.78. The number of allylic oxidation sites excluding steroid dienone is 1. The van der Waals surface area contributed by atoms with Crippen LogP contribution in [0.3, 0.4) is 0 Å². The van der Waals surface area contributed by atoms with Crippen LogP contribution >= 0.6 is 0 Å². The van der Waals surface area contributed by atoms with E-state index in [0.717, 1.165) is 45.5 Å². The van der Waals surface area contributed by atoms with Crippen molar-refractivity contribution in [2.75, 3.05) is 19.8 Å². The summed E-state index contributed by atoms with van der Waals surface area (Å²) in [5, 5.41) is 0. The van der Waals surface area contributed by atoms with Crippen molar-refractivity contribution in [3.05, 3.63) is 12.2 Å². The summed E-state index contributed by atoms with van der Waals surface area (Å²) in [5.74, 6) is -0.250. The predicted octanol–water partition coefficient (Wildman–Crippen LogP) is 2.26. The molecule has 0 amide bonds. The van der Waals surface area contributed by atoms with E-state index >= 15 is 0 Å². The van der Waals surface area contributed by atoms with Gasteiger partial charge in [0.25, 0.3) is 0 Å². The lowest BCUT2D eigenvalue weighted by Crippen LogP contribution is -2.37. The molecule has 15 heavy (non-hydrogen) atoms. The zero-order valence-electron chi connectivity index (χ0n) is 9.41. The maximum atomic E-state index is 5.73. The van der Waals surface area contributed by atoms with Gasteiger partial charge < -0.3 is 14.2 Å². The van der Waals surface area contributed by atoms with Crippen molar-refractivity contribution in [2.24, 2.45) is 0 Å². The number of rotatable bonds is 3. The molecule has 0 N–H and O–H groups in total. The van der Waals surface area contributed by atoms with Crippen LogP contribution in [0, 0.1) is 0 Å². The molecule has 3 heteroatoms. The first-order valence-corrected chi connectivity index (χ1v) is 5.85. The van der Waals surface area contributed by atoms with Crippen LogP contribution in [0.5, 0.6) is 0 Å². The first-order chi connectivity index (χ1) is 7.35. The van der Waals surface area contributed by atoms with Crippen LogP contribution in [0.25, 0.3) is 0 Å². The molecule has 3 nitrogen and oxygen atoms in total. The van der Waals surface area contributed by atoms with Gasteiger partial charge >= 0.3 is 0 Å². The molecule has 1 saturated carbocycles. The molecule has 2 rings (SSSR count). The van der Waals surface area contributed by atoms with E-state index in [4.69, 9.17) is 14.2 Å². The Balaban J connectivity index is 1.72. The van der Waals surface area contributed by atoms with Gasteiger partial charge in [-0.15, -0.1) is 0 Å². The Labute approximate surface area is 91.4 Å². The van der Waals surface area contributed by atoms with Gasteiger partial charge in [0.05, 0.1) is 25.9 Å². The highest BCUT2D eigenvalue weighted by atomic mass is 16.7. The van der Waals surface area contributed by atoms with Crippen LogP contribution in [-0.4, -0.2) is 31.7 Å². The minimum absolute atomic E-state index is 0.250. The van der Waals surface area contributed by atoms with Gasteiger partial charge in [-0.25, -0.2) is 0 Å². The van der Waals surface area contributed by atoms with Crippen molar-refractivity contribution >= 4 is 0 Å². The van der Waals surface area contributed by atoms with E-state index in [0.29, 0.717) is 6.10 Å². The quantitative estimate of drug-likeness (QED) is 0.672. The molecule has 0 aromatic rings. The van der Waals surface area contributed by atoms with E-state index in [-0.39, 0.29) is 5.79 Å². The molecule has 0 unspecified atom stereocenters. The summed E-state index contributed by atoms with van der Waals surface area (Å²) in [6, 6.07) is 0. The lowest BCUT2D eigenvalue weighted by Gasteiger charge is -2.35. The van der Waals surface area contributed by atoms with Crippen LogP contribution < -0.4 is 0 Å². The molecule has 2 aliphatic rings. The molecule has 1 saturated heterocycles. The summed E-state index contributed by atoms with van der Waals surface area (Å²) in [5.41, 5.74) is 0. The lowest BCUT2D eigenvalue weighted by molar-refractivity contribution is -0.190. The summed E-state index contributed by atoms with van der Waals surface area (Å²) in [4.78, 5) is 0. The van der Waals surface area contributed by atoms with Gasteiger partial charge in [-0.2, -0.15) is 0 Å². The standard InChI is InChI=1S/C12H20O3/c1-2-3-8-13-11-4-6-12(7-5-11)14-9-10-15-12/h2-3,11H,4-10H2,1H3/b3-2+. The molecule has 0 aromatic carbocycles. The molecule has 1 heterocycles. The number of hydrogen-bond acceptors (Lipinski definition) is 3. The van der Waals surface area contributed by atoms with Gasteiger partial charge in [0, 0.05) is 12.8 Å². The molecule has 0 aromatic heterocycles. The van der Waals surface area contributed by atoms with Gasteiger partial charge in [0.1, 0.15) is 0 Å². The van der Waals surface area contributed by atoms with E-state index in [2.05, 4.69) is 0 Å². The van der Waals surface area contributed by atoms with Gasteiger partial charge in [-0.3, -0.25) is 0 Å². The second-order valence-electron chi connectivity index (χ2n) is 4.21. The third kappa shape index (κ3) is 2.80. The SMILES string of the molecule is C/C=C/COC1CCC2(CC1)OCCO2. The minimum Gasteiger partial charge on any atom is -0.374 e. The third-order valence-corrected chi connectivity index (χ3v) is 3.17. The fraction of sp³-hybridized carbons (Fsp3) is 0.833. The van der Waals surface area contributed by atoms with E-state index in [9.17, 15) is 0 Å². The van der Waals surface area contributed by atoms with E-state index in [1.54, 1.807) is 0 Å². The monoisotopic (exact) mass is 212 g/mol. The van der Waals surface area contributed by atoms with Crippen LogP contribution in [0.1, 0.15) is 32.6 Å². The second-order valence-corrected chi connectivity index (χ2v) is 4.21. The Morgan fingerprint density at radius 2 is 1.93 bits per heavy atom. The molecule has 1 spiro atoms. The lowest BCUT2D eigenvalue weighted by atomic mass is 9.92. The van der Waals surface area contributed by atoms with Crippen LogP contribution in [0.4, 0.5) is 0 Å². The number of hydrogen-bond donors (Lipinski definition) is 0. The van der Waals surface area contributed by atoms with Crippen molar-refractivity contribution in [1.82, 2.24) is 0 Å². The molecule has 0 radical (unpaired) electrons. The molecule has 86 valence electrons. The highest BCUT2D eigenvalue weighted by Gasteiger charge is 2.40. The smallest absolute Gasteiger partial charge is 0.168 e. The van der Waals surface area contributed by atoms with E-state index in [1.807, 2.05) is 19.1 Å². The van der Waals surface area contributed by atoms with Gasteiger partial charge in [-0.05, 0) is 19.8 Å². The molecular weight excluding hydrogens is 192 g/mol. The average molecular weight is 212 g/mol. The Hall–Kier alpha value is -0.380. The van der Waals surface area contributed by atoms with Gasteiger partial charge in [0.2, 0.25) is 0 Å². The molecule has 1 aliphatic heterocycles. The van der Waals surface area contributed by atoms with E-state index < -0.39 is 0 Å². The topological polar surface area (TPSA) is 27.7 Å². The highest BCUT2D eigenvalue weighted by molar-refractivity contribution is 4.84. The molecule has 2 fully saturated rings. The van der Waals surface area contributed by atoms with Gasteiger partial charge in [0.15, 0.2) is 5.79 Å². The van der Waals surface area contributed by atoms with Crippen LogP contribution in [-0.2, 0) is 14.2 Å². The first kappa shape index (κ1) is 11.1. The Morgan fingerprint density at radius 1 is 1.27 bits per heavy atom. The number of ether oxygens (including phenoxy) is 3. The van der Waals surface area contributed by atoms with Crippen molar-refractivity contribution in [3.8, 4) is 0 Å². The summed E-state index contributed by atoms with van der Waals surface area (Å²) in [6.07, 6.45) is 8.52. The van der Waals surface area contributed by atoms with Crippen molar-refractivity contribution in [2.45, 2.75) is 44.5 Å². The maximum absolute atomic E-state index is 5.73.